The van der Waals surface area contributed by atoms with Gasteiger partial charge in [0, 0.05) is 62.1 Å². The lowest BCUT2D eigenvalue weighted by molar-refractivity contribution is -0.138. The molecule has 0 bridgehead atoms. The molecule has 2 aliphatic carbocycles. The van der Waals surface area contributed by atoms with Gasteiger partial charge in [0.15, 0.2) is 0 Å². The van der Waals surface area contributed by atoms with Crippen molar-refractivity contribution in [1.29, 1.82) is 0 Å². The van der Waals surface area contributed by atoms with E-state index in [2.05, 4.69) is 30.4 Å². The maximum atomic E-state index is 13.3. The number of anilines is 4. The first-order valence-corrected chi connectivity index (χ1v) is 20.2. The van der Waals surface area contributed by atoms with E-state index in [9.17, 15) is 35.9 Å². The molecule has 8 nitrogen and oxygen atoms in total. The van der Waals surface area contributed by atoms with Gasteiger partial charge in [0.25, 0.3) is 11.8 Å². The number of halogens is 6. The zero-order chi connectivity index (χ0) is 40.9. The van der Waals surface area contributed by atoms with E-state index in [4.69, 9.17) is 0 Å². The van der Waals surface area contributed by atoms with Crippen molar-refractivity contribution >= 4 is 34.6 Å². The molecule has 4 aromatic rings. The van der Waals surface area contributed by atoms with Crippen molar-refractivity contribution in [2.24, 2.45) is 23.7 Å². The fourth-order valence-electron chi connectivity index (χ4n) is 9.21. The summed E-state index contributed by atoms with van der Waals surface area (Å²) < 4.78 is 79.7. The number of nitrogens with zero attached hydrogens (tertiary/aromatic N) is 4. The van der Waals surface area contributed by atoms with Crippen molar-refractivity contribution in [1.82, 2.24) is 9.97 Å². The molecular formula is C44H48F6N6O2. The van der Waals surface area contributed by atoms with Crippen LogP contribution in [0.3, 0.4) is 0 Å². The third kappa shape index (κ3) is 9.93. The first kappa shape index (κ1) is 41.0. The van der Waals surface area contributed by atoms with Crippen LogP contribution in [0.25, 0.3) is 0 Å². The average Bonchev–Trinajstić information content (AvgIpc) is 3.23. The number of amides is 2. The highest BCUT2D eigenvalue weighted by molar-refractivity contribution is 6.06. The van der Waals surface area contributed by atoms with Crippen molar-refractivity contribution in [2.45, 2.75) is 76.6 Å². The lowest BCUT2D eigenvalue weighted by Gasteiger charge is -2.42. The quantitative estimate of drug-likeness (QED) is 0.189. The minimum Gasteiger partial charge on any atom is -0.370 e. The van der Waals surface area contributed by atoms with E-state index in [1.165, 1.54) is 113 Å². The third-order valence-electron chi connectivity index (χ3n) is 12.3. The number of alkyl halides is 6. The van der Waals surface area contributed by atoms with E-state index in [0.717, 1.165) is 63.3 Å². The molecule has 0 spiro atoms. The highest BCUT2D eigenvalue weighted by Gasteiger charge is 2.36. The number of pyridine rings is 2. The second-order valence-electron chi connectivity index (χ2n) is 15.9. The second-order valence-corrected chi connectivity index (χ2v) is 15.9. The normalized spacial score (nSPS) is 22.1. The Morgan fingerprint density at radius 3 is 1.24 bits per heavy atom. The van der Waals surface area contributed by atoms with Gasteiger partial charge in [-0.25, -0.2) is 0 Å². The molecule has 8 rings (SSSR count). The maximum absolute atomic E-state index is 13.3. The summed E-state index contributed by atoms with van der Waals surface area (Å²) in [6.45, 7) is 3.25. The van der Waals surface area contributed by atoms with Crippen LogP contribution in [0, 0.1) is 23.7 Å². The van der Waals surface area contributed by atoms with Crippen LogP contribution in [-0.2, 0) is 12.4 Å². The van der Waals surface area contributed by atoms with Crippen LogP contribution in [0.5, 0.6) is 0 Å². The number of carbonyl (C=O) groups is 2. The van der Waals surface area contributed by atoms with Gasteiger partial charge >= 0.3 is 12.4 Å². The lowest BCUT2D eigenvalue weighted by atomic mass is 9.75. The summed E-state index contributed by atoms with van der Waals surface area (Å²) in [7, 11) is 0. The Kier molecular flexibility index (Phi) is 12.6. The highest BCUT2D eigenvalue weighted by atomic mass is 19.4. The van der Waals surface area contributed by atoms with E-state index >= 15 is 0 Å². The molecule has 2 saturated heterocycles. The fraction of sp³-hybridized carbons (Fsp3) is 0.455. The zero-order valence-electron chi connectivity index (χ0n) is 32.2. The Bertz CT molecular complexity index is 1880. The largest absolute Gasteiger partial charge is 0.416 e. The molecule has 2 aliphatic heterocycles. The van der Waals surface area contributed by atoms with Crippen LogP contribution < -0.4 is 20.4 Å². The Hall–Kier alpha value is -5.14. The summed E-state index contributed by atoms with van der Waals surface area (Å²) in [5, 5.41) is 5.40. The molecule has 58 heavy (non-hydrogen) atoms. The standard InChI is InChI=1S/2C22H24F3N3O/c2*23-22(24,25)18-5-6-20(28-12-9-15-3-1-2-4-17(15)14-28)19(13-18)27-21(29)16-7-10-26-11-8-16/h2*5-8,10-11,13,15,17H,1-4,9,12,14H2,(H,27,29)/t2*15-,17-/m00/s1. The minimum absolute atomic E-state index is 0.205. The number of rotatable bonds is 6. The van der Waals surface area contributed by atoms with Crippen LogP contribution in [0.1, 0.15) is 96.1 Å². The summed E-state index contributed by atoms with van der Waals surface area (Å²) >= 11 is 0. The predicted octanol–water partition coefficient (Wildman–Crippen LogP) is 10.7. The SMILES string of the molecule is O=C(Nc1cc(C(F)(F)F)ccc1N1CC[C@@H]2CCCC[C@H]2C1)c1ccncc1.O=C(Nc1cc(C(F)(F)F)ccc1N1CC[C@@H]2CCCC[C@H]2C1)c1ccncc1. The van der Waals surface area contributed by atoms with Gasteiger partial charge in [0.1, 0.15) is 0 Å². The summed E-state index contributed by atoms with van der Waals surface area (Å²) in [4.78, 5) is 37.2. The molecule has 2 aromatic heterocycles. The first-order chi connectivity index (χ1) is 27.8. The molecule has 14 heteroatoms. The van der Waals surface area contributed by atoms with Crippen LogP contribution in [0.15, 0.2) is 85.5 Å². The van der Waals surface area contributed by atoms with E-state index in [1.807, 2.05) is 0 Å². The van der Waals surface area contributed by atoms with Gasteiger partial charge in [0.2, 0.25) is 0 Å². The van der Waals surface area contributed by atoms with Gasteiger partial charge < -0.3 is 20.4 Å². The number of nitrogens with one attached hydrogen (secondary N) is 2. The number of hydrogen-bond acceptors (Lipinski definition) is 6. The molecule has 2 aromatic carbocycles. The summed E-state index contributed by atoms with van der Waals surface area (Å²) in [5.41, 5.74) is 0.905. The van der Waals surface area contributed by atoms with Gasteiger partial charge in [-0.2, -0.15) is 26.3 Å². The monoisotopic (exact) mass is 806 g/mol. The van der Waals surface area contributed by atoms with Crippen molar-refractivity contribution in [3.63, 3.8) is 0 Å². The summed E-state index contributed by atoms with van der Waals surface area (Å²) in [6.07, 6.45) is 8.89. The number of benzene rings is 2. The van der Waals surface area contributed by atoms with Gasteiger partial charge in [-0.15, -0.1) is 0 Å². The zero-order valence-corrected chi connectivity index (χ0v) is 32.2. The van der Waals surface area contributed by atoms with Crippen molar-refractivity contribution in [3.05, 3.63) is 108 Å². The molecule has 2 amide bonds. The molecule has 4 fully saturated rings. The van der Waals surface area contributed by atoms with E-state index in [0.29, 0.717) is 46.2 Å². The van der Waals surface area contributed by atoms with Crippen LogP contribution in [0.4, 0.5) is 49.1 Å². The predicted molar refractivity (Wildman–Crippen MR) is 212 cm³/mol. The van der Waals surface area contributed by atoms with E-state index < -0.39 is 35.3 Å². The van der Waals surface area contributed by atoms with E-state index in [-0.39, 0.29) is 11.4 Å². The Balaban J connectivity index is 0.000000177. The number of hydrogen-bond donors (Lipinski definition) is 2. The van der Waals surface area contributed by atoms with Gasteiger partial charge in [-0.3, -0.25) is 19.6 Å². The van der Waals surface area contributed by atoms with Crippen LogP contribution in [0.2, 0.25) is 0 Å². The van der Waals surface area contributed by atoms with Gasteiger partial charge in [-0.05, 0) is 110 Å². The summed E-state index contributed by atoms with van der Waals surface area (Å²) in [6, 6.07) is 13.4. The van der Waals surface area contributed by atoms with Gasteiger partial charge in [0.05, 0.1) is 33.9 Å². The van der Waals surface area contributed by atoms with Crippen LogP contribution in [-0.4, -0.2) is 48.0 Å². The first-order valence-electron chi connectivity index (χ1n) is 20.2. The van der Waals surface area contributed by atoms with Crippen molar-refractivity contribution < 1.29 is 35.9 Å². The summed E-state index contributed by atoms with van der Waals surface area (Å²) in [5.74, 6) is 1.68. The average molecular weight is 807 g/mol. The van der Waals surface area contributed by atoms with Gasteiger partial charge in [-0.1, -0.05) is 38.5 Å². The topological polar surface area (TPSA) is 90.5 Å². The molecule has 0 radical (unpaired) electrons. The fourth-order valence-corrected chi connectivity index (χ4v) is 9.21. The number of piperidine rings is 2. The number of aromatic nitrogens is 2. The molecule has 4 atom stereocenters. The molecular weight excluding hydrogens is 759 g/mol. The molecule has 4 aliphatic rings. The number of carbonyl (C=O) groups excluding carboxylic acids is 2. The maximum Gasteiger partial charge on any atom is 0.416 e. The molecule has 4 heterocycles. The number of fused-ring (bicyclic) bond motifs is 2. The van der Waals surface area contributed by atoms with E-state index in [1.54, 1.807) is 0 Å². The molecule has 2 N–H and O–H groups in total. The van der Waals surface area contributed by atoms with Crippen molar-refractivity contribution in [2.75, 3.05) is 46.6 Å². The lowest BCUT2D eigenvalue weighted by Crippen LogP contribution is -2.42. The highest BCUT2D eigenvalue weighted by Crippen LogP contribution is 2.43. The van der Waals surface area contributed by atoms with Crippen molar-refractivity contribution in [3.8, 4) is 0 Å². The molecule has 308 valence electrons. The second kappa shape index (κ2) is 17.8. The minimum atomic E-state index is -4.47. The third-order valence-corrected chi connectivity index (χ3v) is 12.3. The Morgan fingerprint density at radius 2 is 0.879 bits per heavy atom. The Labute approximate surface area is 334 Å². The smallest absolute Gasteiger partial charge is 0.370 e. The Morgan fingerprint density at radius 1 is 0.517 bits per heavy atom. The van der Waals surface area contributed by atoms with Crippen LogP contribution >= 0.6 is 0 Å². The molecule has 2 saturated carbocycles. The molecule has 0 unspecified atom stereocenters.